The van der Waals surface area contributed by atoms with E-state index < -0.39 is 0 Å². The predicted molar refractivity (Wildman–Crippen MR) is 79.0 cm³/mol. The molecule has 1 N–H and O–H groups in total. The summed E-state index contributed by atoms with van der Waals surface area (Å²) in [4.78, 5) is 4.10. The zero-order chi connectivity index (χ0) is 11.0. The molecule has 0 aliphatic carbocycles. The lowest BCUT2D eigenvalue weighted by Crippen LogP contribution is -2.39. The van der Waals surface area contributed by atoms with Gasteiger partial charge < -0.3 is 5.32 Å². The largest absolute Gasteiger partial charge is 0.316 e. The minimum absolute atomic E-state index is 0. The Balaban J connectivity index is 0.00000108. The summed E-state index contributed by atoms with van der Waals surface area (Å²) in [6, 6.07) is 2.25. The van der Waals surface area contributed by atoms with Crippen LogP contribution in [0.25, 0.3) is 0 Å². The molecular weight excluding hydrogens is 320 g/mol. The summed E-state index contributed by atoms with van der Waals surface area (Å²) in [5.41, 5.74) is 0. The number of piperidine rings is 1. The molecule has 2 unspecified atom stereocenters. The Hall–Kier alpha value is 0.390. The lowest BCUT2D eigenvalue weighted by molar-refractivity contribution is 0.143. The maximum Gasteiger partial charge on any atom is 0.0328 e. The molecular formula is C12H18BrClN2S. The Kier molecular flexibility index (Phi) is 4.89. The van der Waals surface area contributed by atoms with Crippen molar-refractivity contribution in [2.75, 3.05) is 26.2 Å². The summed E-state index contributed by atoms with van der Waals surface area (Å²) < 4.78 is 1.23. The molecule has 1 aromatic rings. The Morgan fingerprint density at radius 3 is 3.00 bits per heavy atom. The first kappa shape index (κ1) is 13.8. The first-order valence-electron chi connectivity index (χ1n) is 5.97. The maximum absolute atomic E-state index is 3.52. The third-order valence-corrected chi connectivity index (χ3v) is 5.47. The van der Waals surface area contributed by atoms with Crippen LogP contribution >= 0.6 is 39.7 Å². The van der Waals surface area contributed by atoms with Crippen LogP contribution in [0, 0.1) is 11.8 Å². The van der Waals surface area contributed by atoms with Crippen molar-refractivity contribution in [3.63, 3.8) is 0 Å². The number of likely N-dealkylation sites (tertiary alicyclic amines) is 1. The maximum atomic E-state index is 3.52. The number of hydrogen-bond acceptors (Lipinski definition) is 3. The molecule has 2 nitrogen and oxygen atoms in total. The van der Waals surface area contributed by atoms with E-state index in [1.165, 1.54) is 41.9 Å². The summed E-state index contributed by atoms with van der Waals surface area (Å²) in [5.74, 6) is 1.85. The third-order valence-electron chi connectivity index (χ3n) is 3.79. The van der Waals surface area contributed by atoms with Crippen molar-refractivity contribution in [3.05, 3.63) is 20.8 Å². The smallest absolute Gasteiger partial charge is 0.0328 e. The van der Waals surface area contributed by atoms with Gasteiger partial charge in [0.05, 0.1) is 0 Å². The Bertz CT molecular complexity index is 371. The molecule has 0 saturated carbocycles. The number of rotatable bonds is 2. The van der Waals surface area contributed by atoms with Crippen LogP contribution in [-0.2, 0) is 6.54 Å². The van der Waals surface area contributed by atoms with Crippen molar-refractivity contribution < 1.29 is 0 Å². The van der Waals surface area contributed by atoms with Crippen molar-refractivity contribution in [2.24, 2.45) is 11.8 Å². The molecule has 1 aromatic heterocycles. The van der Waals surface area contributed by atoms with Crippen molar-refractivity contribution in [2.45, 2.75) is 13.0 Å². The van der Waals surface area contributed by atoms with Crippen molar-refractivity contribution in [1.29, 1.82) is 0 Å². The van der Waals surface area contributed by atoms with Crippen molar-refractivity contribution in [1.82, 2.24) is 10.2 Å². The van der Waals surface area contributed by atoms with Gasteiger partial charge >= 0.3 is 0 Å². The number of nitrogens with one attached hydrogen (secondary N) is 1. The van der Waals surface area contributed by atoms with E-state index in [2.05, 4.69) is 37.6 Å². The van der Waals surface area contributed by atoms with E-state index in [0.29, 0.717) is 0 Å². The van der Waals surface area contributed by atoms with Crippen LogP contribution in [0.1, 0.15) is 11.3 Å². The predicted octanol–water partition coefficient (Wildman–Crippen LogP) is 2.97. The lowest BCUT2D eigenvalue weighted by Gasteiger charge is -2.34. The summed E-state index contributed by atoms with van der Waals surface area (Å²) >= 11 is 5.39. The Morgan fingerprint density at radius 2 is 2.24 bits per heavy atom. The average molecular weight is 338 g/mol. The standard InChI is InChI=1S/C12H17BrN2S.ClH/c13-11-3-12(16-8-11)7-15-2-1-9-4-14-5-10(9)6-15;/h3,8-10,14H,1-2,4-7H2;1H. The van der Waals surface area contributed by atoms with Crippen LogP contribution < -0.4 is 5.32 Å². The first-order valence-corrected chi connectivity index (χ1v) is 7.64. The molecule has 5 heteroatoms. The fourth-order valence-corrected chi connectivity index (χ4v) is 4.40. The van der Waals surface area contributed by atoms with Gasteiger partial charge in [-0.05, 0) is 59.9 Å². The Labute approximate surface area is 121 Å². The van der Waals surface area contributed by atoms with Gasteiger partial charge in [0.15, 0.2) is 0 Å². The topological polar surface area (TPSA) is 15.3 Å². The SMILES string of the molecule is Brc1csc(CN2CCC3CNCC3C2)c1.Cl. The molecule has 2 fully saturated rings. The lowest BCUT2D eigenvalue weighted by atomic mass is 9.89. The van der Waals surface area contributed by atoms with Crippen molar-refractivity contribution in [3.8, 4) is 0 Å². The van der Waals surface area contributed by atoms with E-state index in [4.69, 9.17) is 0 Å². The van der Waals surface area contributed by atoms with Crippen LogP contribution in [0.4, 0.5) is 0 Å². The molecule has 2 atom stereocenters. The molecule has 0 aromatic carbocycles. The monoisotopic (exact) mass is 336 g/mol. The Morgan fingerprint density at radius 1 is 1.41 bits per heavy atom. The van der Waals surface area contributed by atoms with Gasteiger partial charge in [-0.2, -0.15) is 0 Å². The zero-order valence-corrected chi connectivity index (χ0v) is 12.9. The van der Waals surface area contributed by atoms with Gasteiger partial charge in [-0.15, -0.1) is 23.7 Å². The highest BCUT2D eigenvalue weighted by molar-refractivity contribution is 9.10. The first-order chi connectivity index (χ1) is 7.81. The quantitative estimate of drug-likeness (QED) is 0.892. The van der Waals surface area contributed by atoms with E-state index in [-0.39, 0.29) is 12.4 Å². The summed E-state index contributed by atoms with van der Waals surface area (Å²) in [5, 5.41) is 5.70. The highest BCUT2D eigenvalue weighted by atomic mass is 79.9. The van der Waals surface area contributed by atoms with Crippen LogP contribution in [-0.4, -0.2) is 31.1 Å². The molecule has 0 radical (unpaired) electrons. The second-order valence-corrected chi connectivity index (χ2v) is 6.84. The minimum Gasteiger partial charge on any atom is -0.316 e. The minimum atomic E-state index is 0. The molecule has 0 spiro atoms. The fourth-order valence-electron chi connectivity index (χ4n) is 2.91. The normalized spacial score (nSPS) is 28.8. The van der Waals surface area contributed by atoms with Gasteiger partial charge in [-0.3, -0.25) is 4.90 Å². The molecule has 0 amide bonds. The van der Waals surface area contributed by atoms with E-state index in [9.17, 15) is 0 Å². The van der Waals surface area contributed by atoms with Crippen LogP contribution in [0.2, 0.25) is 0 Å². The third kappa shape index (κ3) is 3.24. The molecule has 2 aliphatic rings. The van der Waals surface area contributed by atoms with Gasteiger partial charge in [0.1, 0.15) is 0 Å². The highest BCUT2D eigenvalue weighted by Gasteiger charge is 2.32. The van der Waals surface area contributed by atoms with Gasteiger partial charge in [0.2, 0.25) is 0 Å². The molecule has 3 heterocycles. The van der Waals surface area contributed by atoms with E-state index >= 15 is 0 Å². The van der Waals surface area contributed by atoms with Crippen LogP contribution in [0.5, 0.6) is 0 Å². The van der Waals surface area contributed by atoms with Gasteiger partial charge in [-0.25, -0.2) is 0 Å². The van der Waals surface area contributed by atoms with Crippen LogP contribution in [0.3, 0.4) is 0 Å². The molecule has 0 bridgehead atoms. The molecule has 2 saturated heterocycles. The van der Waals surface area contributed by atoms with Gasteiger partial charge in [0.25, 0.3) is 0 Å². The zero-order valence-electron chi connectivity index (χ0n) is 9.69. The molecule has 3 rings (SSSR count). The second kappa shape index (κ2) is 6.02. The van der Waals surface area contributed by atoms with Crippen molar-refractivity contribution >= 4 is 39.7 Å². The van der Waals surface area contributed by atoms with E-state index in [1.54, 1.807) is 0 Å². The molecule has 17 heavy (non-hydrogen) atoms. The molecule has 96 valence electrons. The number of hydrogen-bond donors (Lipinski definition) is 1. The number of halogens is 2. The summed E-state index contributed by atoms with van der Waals surface area (Å²) in [6.07, 6.45) is 1.38. The van der Waals surface area contributed by atoms with Gasteiger partial charge in [0, 0.05) is 27.8 Å². The average Bonchev–Trinajstić information content (AvgIpc) is 2.87. The fraction of sp³-hybridized carbons (Fsp3) is 0.667. The number of nitrogens with zero attached hydrogens (tertiary/aromatic N) is 1. The summed E-state index contributed by atoms with van der Waals surface area (Å²) in [6.45, 7) is 6.18. The number of fused-ring (bicyclic) bond motifs is 1. The van der Waals surface area contributed by atoms with Gasteiger partial charge in [-0.1, -0.05) is 0 Å². The second-order valence-electron chi connectivity index (χ2n) is 4.93. The summed E-state index contributed by atoms with van der Waals surface area (Å²) in [7, 11) is 0. The highest BCUT2D eigenvalue weighted by Crippen LogP contribution is 2.28. The van der Waals surface area contributed by atoms with Crippen LogP contribution in [0.15, 0.2) is 15.9 Å². The molecule has 2 aliphatic heterocycles. The van der Waals surface area contributed by atoms with E-state index in [0.717, 1.165) is 18.4 Å². The number of thiophene rings is 1. The van der Waals surface area contributed by atoms with E-state index in [1.807, 2.05) is 11.3 Å².